The van der Waals surface area contributed by atoms with Gasteiger partial charge in [-0.1, -0.05) is 37.3 Å². The Morgan fingerprint density at radius 2 is 1.89 bits per heavy atom. The fraction of sp³-hybridized carbons (Fsp3) is 0.318. The lowest BCUT2D eigenvalue weighted by atomic mass is 10.1. The lowest BCUT2D eigenvalue weighted by Crippen LogP contribution is -2.42. The highest BCUT2D eigenvalue weighted by Crippen LogP contribution is 2.31. The fourth-order valence-corrected chi connectivity index (χ4v) is 3.66. The first-order valence-electron chi connectivity index (χ1n) is 9.37. The zero-order valence-electron chi connectivity index (χ0n) is 15.7. The van der Waals surface area contributed by atoms with Crippen LogP contribution in [0.2, 0.25) is 0 Å². The number of H-pyrrole nitrogens is 1. The lowest BCUT2D eigenvalue weighted by Gasteiger charge is -2.30. The normalized spacial score (nSPS) is 16.0. The minimum Gasteiger partial charge on any atom is -0.486 e. The van der Waals surface area contributed by atoms with Crippen LogP contribution in [0.25, 0.3) is 10.9 Å². The molecule has 2 heterocycles. The summed E-state index contributed by atoms with van der Waals surface area (Å²) in [5, 5.41) is 0.988. The third kappa shape index (κ3) is 3.55. The summed E-state index contributed by atoms with van der Waals surface area (Å²) < 4.78 is 11.8. The number of ether oxygens (including phenoxy) is 2. The van der Waals surface area contributed by atoms with Crippen LogP contribution in [0.1, 0.15) is 23.0 Å². The molecule has 2 aromatic carbocycles. The van der Waals surface area contributed by atoms with Crippen LogP contribution in [0.4, 0.5) is 0 Å². The summed E-state index contributed by atoms with van der Waals surface area (Å²) in [6.45, 7) is 6.30. The summed E-state index contributed by atoms with van der Waals surface area (Å²) >= 11 is 0. The topological polar surface area (TPSA) is 54.6 Å². The molecule has 5 nitrogen and oxygen atoms in total. The first-order valence-corrected chi connectivity index (χ1v) is 9.37. The van der Waals surface area contributed by atoms with Crippen LogP contribution in [-0.4, -0.2) is 48.0 Å². The quantitative estimate of drug-likeness (QED) is 0.676. The van der Waals surface area contributed by atoms with Crippen LogP contribution in [0.5, 0.6) is 11.5 Å². The summed E-state index contributed by atoms with van der Waals surface area (Å²) in [6, 6.07) is 15.6. The van der Waals surface area contributed by atoms with Crippen LogP contribution >= 0.6 is 0 Å². The van der Waals surface area contributed by atoms with Crippen LogP contribution < -0.4 is 9.47 Å². The van der Waals surface area contributed by atoms with Gasteiger partial charge in [0, 0.05) is 28.7 Å². The van der Waals surface area contributed by atoms with Crippen molar-refractivity contribution < 1.29 is 14.3 Å². The van der Waals surface area contributed by atoms with Gasteiger partial charge < -0.3 is 14.5 Å². The third-order valence-electron chi connectivity index (χ3n) is 5.02. The van der Waals surface area contributed by atoms with E-state index in [1.54, 1.807) is 0 Å². The molecule has 0 amide bonds. The molecule has 140 valence electrons. The number of nitrogens with one attached hydrogen (secondary N) is 1. The first kappa shape index (κ1) is 17.6. The molecule has 1 unspecified atom stereocenters. The van der Waals surface area contributed by atoms with Crippen LogP contribution in [-0.2, 0) is 0 Å². The van der Waals surface area contributed by atoms with Crippen molar-refractivity contribution >= 4 is 16.7 Å². The van der Waals surface area contributed by atoms with Gasteiger partial charge in [-0.25, -0.2) is 0 Å². The highest BCUT2D eigenvalue weighted by Gasteiger charge is 2.25. The van der Waals surface area contributed by atoms with E-state index >= 15 is 0 Å². The van der Waals surface area contributed by atoms with E-state index in [1.807, 2.05) is 55.5 Å². The largest absolute Gasteiger partial charge is 0.486 e. The number of likely N-dealkylation sites (N-methyl/N-ethyl adjacent to an activating group) is 1. The zero-order chi connectivity index (χ0) is 18.8. The molecule has 0 fully saturated rings. The Labute approximate surface area is 158 Å². The smallest absolute Gasteiger partial charge is 0.179 e. The van der Waals surface area contributed by atoms with E-state index in [2.05, 4.69) is 16.8 Å². The molecule has 3 aromatic rings. The molecule has 5 heteroatoms. The molecule has 0 spiro atoms. The number of benzene rings is 2. The zero-order valence-corrected chi connectivity index (χ0v) is 15.7. The molecule has 1 atom stereocenters. The second-order valence-corrected chi connectivity index (χ2v) is 6.92. The predicted molar refractivity (Wildman–Crippen MR) is 106 cm³/mol. The van der Waals surface area contributed by atoms with Gasteiger partial charge in [0.05, 0.1) is 6.54 Å². The van der Waals surface area contributed by atoms with Crippen molar-refractivity contribution in [1.82, 2.24) is 9.88 Å². The Morgan fingerprint density at radius 1 is 1.15 bits per heavy atom. The van der Waals surface area contributed by atoms with E-state index in [0.717, 1.165) is 40.2 Å². The molecule has 1 aliphatic rings. The Hall–Kier alpha value is -2.79. The average Bonchev–Trinajstić information content (AvgIpc) is 3.03. The number of rotatable bonds is 6. The van der Waals surface area contributed by atoms with E-state index in [-0.39, 0.29) is 11.9 Å². The summed E-state index contributed by atoms with van der Waals surface area (Å²) in [5.74, 6) is 1.68. The first-order chi connectivity index (χ1) is 13.2. The van der Waals surface area contributed by atoms with Crippen LogP contribution in [0.15, 0.2) is 48.5 Å². The molecule has 0 bridgehead atoms. The molecule has 0 saturated carbocycles. The van der Waals surface area contributed by atoms with Crippen LogP contribution in [0, 0.1) is 6.92 Å². The van der Waals surface area contributed by atoms with E-state index in [0.29, 0.717) is 19.7 Å². The Balaban J connectivity index is 1.46. The Kier molecular flexibility index (Phi) is 4.86. The maximum atomic E-state index is 13.0. The molecular weight excluding hydrogens is 340 g/mol. The van der Waals surface area contributed by atoms with Gasteiger partial charge in [0.25, 0.3) is 0 Å². The van der Waals surface area contributed by atoms with Crippen molar-refractivity contribution in [1.29, 1.82) is 0 Å². The molecular formula is C22H24N2O3. The second kappa shape index (κ2) is 7.45. The molecule has 4 rings (SSSR count). The van der Waals surface area contributed by atoms with Gasteiger partial charge in [-0.3, -0.25) is 9.69 Å². The Morgan fingerprint density at radius 3 is 2.70 bits per heavy atom. The molecule has 0 saturated heterocycles. The van der Waals surface area contributed by atoms with Gasteiger partial charge in [0.2, 0.25) is 0 Å². The highest BCUT2D eigenvalue weighted by atomic mass is 16.6. The number of fused-ring (bicyclic) bond motifs is 2. The average molecular weight is 364 g/mol. The van der Waals surface area contributed by atoms with Gasteiger partial charge in [-0.05, 0) is 31.7 Å². The van der Waals surface area contributed by atoms with E-state index in [9.17, 15) is 4.79 Å². The molecule has 1 aromatic heterocycles. The summed E-state index contributed by atoms with van der Waals surface area (Å²) in [4.78, 5) is 18.4. The number of carbonyl (C=O) groups is 1. The van der Waals surface area contributed by atoms with E-state index in [4.69, 9.17) is 9.47 Å². The maximum absolute atomic E-state index is 13.0. The number of aryl methyl sites for hydroxylation is 1. The number of hydrogen-bond donors (Lipinski definition) is 1. The van der Waals surface area contributed by atoms with Crippen molar-refractivity contribution in [3.05, 3.63) is 59.8 Å². The van der Waals surface area contributed by atoms with Gasteiger partial charge in [0.1, 0.15) is 12.7 Å². The molecule has 1 aliphatic heterocycles. The number of aromatic nitrogens is 1. The number of ketones is 1. The van der Waals surface area contributed by atoms with Crippen LogP contribution in [0.3, 0.4) is 0 Å². The molecule has 0 radical (unpaired) electrons. The summed E-state index contributed by atoms with van der Waals surface area (Å²) in [7, 11) is 0. The minimum atomic E-state index is -0.0864. The second-order valence-electron chi connectivity index (χ2n) is 6.92. The summed E-state index contributed by atoms with van der Waals surface area (Å²) in [6.07, 6.45) is -0.0864. The molecule has 27 heavy (non-hydrogen) atoms. The predicted octanol–water partition coefficient (Wildman–Crippen LogP) is 3.82. The van der Waals surface area contributed by atoms with Crippen molar-refractivity contribution in [2.24, 2.45) is 0 Å². The standard InChI is InChI=1S/C22H24N2O3/c1-3-24(12-16-14-26-20-10-6-7-11-21(20)27-16)13-19(25)22-15(2)23-18-9-5-4-8-17(18)22/h4-11,16,23H,3,12-14H2,1-2H3. The maximum Gasteiger partial charge on any atom is 0.179 e. The van der Waals surface area contributed by atoms with Crippen molar-refractivity contribution in [2.75, 3.05) is 26.2 Å². The monoisotopic (exact) mass is 364 g/mol. The number of hydrogen-bond acceptors (Lipinski definition) is 4. The number of aromatic amines is 1. The van der Waals surface area contributed by atoms with Crippen molar-refractivity contribution in [2.45, 2.75) is 20.0 Å². The SMILES string of the molecule is CCN(CC(=O)c1c(C)[nH]c2ccccc12)CC1COc2ccccc2O1. The molecule has 0 aliphatic carbocycles. The van der Waals surface area contributed by atoms with Gasteiger partial charge in [-0.15, -0.1) is 0 Å². The van der Waals surface area contributed by atoms with E-state index in [1.165, 1.54) is 0 Å². The fourth-order valence-electron chi connectivity index (χ4n) is 3.66. The Bertz CT molecular complexity index is 963. The lowest BCUT2D eigenvalue weighted by molar-refractivity contribution is 0.0573. The highest BCUT2D eigenvalue weighted by molar-refractivity contribution is 6.10. The van der Waals surface area contributed by atoms with Gasteiger partial charge >= 0.3 is 0 Å². The minimum absolute atomic E-state index is 0.0864. The van der Waals surface area contributed by atoms with Crippen molar-refractivity contribution in [3.8, 4) is 11.5 Å². The number of para-hydroxylation sites is 3. The number of nitrogens with zero attached hydrogens (tertiary/aromatic N) is 1. The summed E-state index contributed by atoms with van der Waals surface area (Å²) in [5.41, 5.74) is 2.71. The van der Waals surface area contributed by atoms with Gasteiger partial charge in [-0.2, -0.15) is 0 Å². The van der Waals surface area contributed by atoms with Crippen molar-refractivity contribution in [3.63, 3.8) is 0 Å². The van der Waals surface area contributed by atoms with E-state index < -0.39 is 0 Å². The van der Waals surface area contributed by atoms with Gasteiger partial charge in [0.15, 0.2) is 17.3 Å². The molecule has 1 N–H and O–H groups in total. The number of Topliss-reactive ketones (excluding diaryl/α,β-unsaturated/α-hetero) is 1. The number of carbonyl (C=O) groups excluding carboxylic acids is 1. The third-order valence-corrected chi connectivity index (χ3v) is 5.02.